The minimum atomic E-state index is -0.357. The molecule has 0 aromatic heterocycles. The molecule has 152 valence electrons. The van der Waals surface area contributed by atoms with Gasteiger partial charge in [0.1, 0.15) is 5.78 Å². The molecule has 1 aliphatic heterocycles. The van der Waals surface area contributed by atoms with Gasteiger partial charge >= 0.3 is 0 Å². The Morgan fingerprint density at radius 1 is 1.18 bits per heavy atom. The van der Waals surface area contributed by atoms with E-state index >= 15 is 0 Å². The number of Topliss-reactive ketones (excluding diaryl/α,β-unsaturated/α-hetero) is 1. The average molecular weight is 384 g/mol. The molecular weight excluding hydrogens is 350 g/mol. The molecule has 0 N–H and O–H groups in total. The minimum Gasteiger partial charge on any atom is -0.347 e. The van der Waals surface area contributed by atoms with Gasteiger partial charge in [-0.25, -0.2) is 0 Å². The Morgan fingerprint density at radius 2 is 1.96 bits per heavy atom. The van der Waals surface area contributed by atoms with Crippen LogP contribution in [0.5, 0.6) is 0 Å². The van der Waals surface area contributed by atoms with E-state index in [9.17, 15) is 10.1 Å². The normalized spacial score (nSPS) is 46.2. The lowest BCUT2D eigenvalue weighted by molar-refractivity contribution is -0.185. The third-order valence-corrected chi connectivity index (χ3v) is 9.54. The molecule has 5 aliphatic rings. The molecule has 0 aromatic carbocycles. The van der Waals surface area contributed by atoms with E-state index in [1.54, 1.807) is 12.5 Å². The Kier molecular flexibility index (Phi) is 4.31. The molecule has 0 unspecified atom stereocenters. The maximum absolute atomic E-state index is 12.4. The van der Waals surface area contributed by atoms with Crippen molar-refractivity contribution in [2.75, 3.05) is 13.2 Å². The maximum atomic E-state index is 12.4. The number of allylic oxidation sites excluding steroid dienone is 1. The van der Waals surface area contributed by atoms with Gasteiger partial charge in [0, 0.05) is 25.2 Å². The van der Waals surface area contributed by atoms with E-state index in [1.165, 1.54) is 0 Å². The van der Waals surface area contributed by atoms with Crippen molar-refractivity contribution < 1.29 is 14.3 Å². The summed E-state index contributed by atoms with van der Waals surface area (Å²) in [6, 6.07) is 2.48. The molecule has 3 saturated carbocycles. The number of nitrogens with zero attached hydrogens (tertiary/aromatic N) is 1. The summed E-state index contributed by atoms with van der Waals surface area (Å²) in [4.78, 5) is 12.4. The van der Waals surface area contributed by atoms with E-state index < -0.39 is 0 Å². The lowest BCUT2D eigenvalue weighted by Gasteiger charge is -2.59. The second-order valence-corrected chi connectivity index (χ2v) is 10.4. The summed E-state index contributed by atoms with van der Waals surface area (Å²) in [5.41, 5.74) is 1.73. The third kappa shape index (κ3) is 2.45. The zero-order chi connectivity index (χ0) is 19.6. The molecule has 1 heterocycles. The summed E-state index contributed by atoms with van der Waals surface area (Å²) in [6.07, 6.45) is 11.5. The van der Waals surface area contributed by atoms with Gasteiger partial charge in [-0.1, -0.05) is 18.6 Å². The van der Waals surface area contributed by atoms with Crippen molar-refractivity contribution >= 4 is 5.78 Å². The monoisotopic (exact) mass is 383 g/mol. The highest BCUT2D eigenvalue weighted by molar-refractivity contribution is 5.79. The molecule has 4 fully saturated rings. The van der Waals surface area contributed by atoms with Crippen LogP contribution >= 0.6 is 0 Å². The number of rotatable bonds is 2. The molecular formula is C24H33NO3. The highest BCUT2D eigenvalue weighted by Gasteiger charge is 2.62. The van der Waals surface area contributed by atoms with Gasteiger partial charge in [-0.3, -0.25) is 4.79 Å². The molecule has 1 spiro atoms. The zero-order valence-electron chi connectivity index (χ0n) is 17.3. The predicted molar refractivity (Wildman–Crippen MR) is 105 cm³/mol. The second kappa shape index (κ2) is 6.41. The van der Waals surface area contributed by atoms with Crippen LogP contribution in [0.2, 0.25) is 0 Å². The first-order chi connectivity index (χ1) is 13.4. The molecule has 4 heteroatoms. The number of nitriles is 1. The number of carbonyl (C=O) groups is 1. The number of fused-ring (bicyclic) bond motifs is 5. The highest BCUT2D eigenvalue weighted by atomic mass is 16.7. The summed E-state index contributed by atoms with van der Waals surface area (Å²) >= 11 is 0. The molecule has 0 amide bonds. The zero-order valence-corrected chi connectivity index (χ0v) is 17.3. The summed E-state index contributed by atoms with van der Waals surface area (Å²) in [5, 5.41) is 9.61. The van der Waals surface area contributed by atoms with Crippen LogP contribution in [-0.4, -0.2) is 24.8 Å². The van der Waals surface area contributed by atoms with Crippen molar-refractivity contribution in [3.63, 3.8) is 0 Å². The van der Waals surface area contributed by atoms with Crippen LogP contribution in [-0.2, 0) is 14.3 Å². The first-order valence-electron chi connectivity index (χ1n) is 11.3. The van der Waals surface area contributed by atoms with Gasteiger partial charge in [-0.2, -0.15) is 5.26 Å². The fourth-order valence-corrected chi connectivity index (χ4v) is 8.26. The number of carbonyl (C=O) groups excluding carboxylic acids is 1. The van der Waals surface area contributed by atoms with Crippen LogP contribution in [0.1, 0.15) is 71.6 Å². The summed E-state index contributed by atoms with van der Waals surface area (Å²) in [6.45, 7) is 5.68. The first-order valence-corrected chi connectivity index (χ1v) is 11.3. The van der Waals surface area contributed by atoms with E-state index in [0.717, 1.165) is 64.6 Å². The summed E-state index contributed by atoms with van der Waals surface area (Å²) < 4.78 is 12.1. The van der Waals surface area contributed by atoms with Gasteiger partial charge in [0.15, 0.2) is 5.79 Å². The quantitative estimate of drug-likeness (QED) is 0.643. The fourth-order valence-electron chi connectivity index (χ4n) is 8.26. The van der Waals surface area contributed by atoms with Crippen molar-refractivity contribution in [1.29, 1.82) is 5.26 Å². The molecule has 0 radical (unpaired) electrons. The van der Waals surface area contributed by atoms with Crippen molar-refractivity contribution in [3.8, 4) is 6.07 Å². The molecule has 0 aromatic rings. The Hall–Kier alpha value is -1.18. The van der Waals surface area contributed by atoms with Gasteiger partial charge in [-0.15, -0.1) is 0 Å². The van der Waals surface area contributed by atoms with Crippen LogP contribution in [0.3, 0.4) is 0 Å². The predicted octanol–water partition coefficient (Wildman–Crippen LogP) is 4.79. The first kappa shape index (κ1) is 18.8. The Morgan fingerprint density at radius 3 is 2.68 bits per heavy atom. The summed E-state index contributed by atoms with van der Waals surface area (Å²) in [5.74, 6) is 1.89. The largest absolute Gasteiger partial charge is 0.347 e. The minimum absolute atomic E-state index is 0.0585. The van der Waals surface area contributed by atoms with Crippen molar-refractivity contribution in [1.82, 2.24) is 0 Å². The van der Waals surface area contributed by atoms with Gasteiger partial charge in [0.05, 0.1) is 19.3 Å². The number of ether oxygens (including phenoxy) is 2. The topological polar surface area (TPSA) is 59.3 Å². The van der Waals surface area contributed by atoms with Crippen LogP contribution < -0.4 is 0 Å². The van der Waals surface area contributed by atoms with Gasteiger partial charge in [0.2, 0.25) is 0 Å². The van der Waals surface area contributed by atoms with E-state index in [0.29, 0.717) is 30.0 Å². The Labute approximate surface area is 168 Å². The molecule has 5 rings (SSSR count). The maximum Gasteiger partial charge on any atom is 0.172 e. The third-order valence-electron chi connectivity index (χ3n) is 9.54. The van der Waals surface area contributed by atoms with Crippen LogP contribution in [0, 0.1) is 45.8 Å². The molecule has 4 aliphatic carbocycles. The number of hydrogen-bond acceptors (Lipinski definition) is 4. The van der Waals surface area contributed by atoms with Gasteiger partial charge < -0.3 is 9.47 Å². The molecule has 6 atom stereocenters. The smallest absolute Gasteiger partial charge is 0.172 e. The van der Waals surface area contributed by atoms with Crippen LogP contribution in [0.25, 0.3) is 0 Å². The second-order valence-electron chi connectivity index (χ2n) is 10.4. The fraction of sp³-hybridized carbons (Fsp3) is 0.833. The van der Waals surface area contributed by atoms with E-state index in [-0.39, 0.29) is 22.5 Å². The van der Waals surface area contributed by atoms with Crippen LogP contribution in [0.4, 0.5) is 0 Å². The highest BCUT2D eigenvalue weighted by Crippen LogP contribution is 2.68. The van der Waals surface area contributed by atoms with Crippen LogP contribution in [0.15, 0.2) is 11.6 Å². The lowest BCUT2D eigenvalue weighted by Crippen LogP contribution is -2.53. The summed E-state index contributed by atoms with van der Waals surface area (Å²) in [7, 11) is 0. The van der Waals surface area contributed by atoms with E-state index in [4.69, 9.17) is 9.47 Å². The van der Waals surface area contributed by atoms with Gasteiger partial charge in [-0.05, 0) is 74.0 Å². The SMILES string of the molecule is CC(=O)[C@H]1CC[C@H]2[C@@H]3CC=C4CC5(CC[C@]4(C)[C@H]3CC[C@]12CC#N)OCCO5. The molecule has 0 bridgehead atoms. The number of hydrogen-bond donors (Lipinski definition) is 0. The Bertz CT molecular complexity index is 745. The van der Waals surface area contributed by atoms with E-state index in [1.807, 2.05) is 0 Å². The van der Waals surface area contributed by atoms with Crippen molar-refractivity contribution in [2.24, 2.45) is 34.5 Å². The average Bonchev–Trinajstić information content (AvgIpc) is 3.27. The van der Waals surface area contributed by atoms with Gasteiger partial charge in [0.25, 0.3) is 0 Å². The Balaban J connectivity index is 1.47. The van der Waals surface area contributed by atoms with Crippen molar-refractivity contribution in [2.45, 2.75) is 77.4 Å². The molecule has 1 saturated heterocycles. The standard InChI is InChI=1S/C24H33NO3/c1-16(26)19-5-6-21-18-4-3-17-15-24(27-13-14-28-24)10-9-22(17,2)20(18)7-8-23(19,21)11-12-25/h3,18-21H,4-11,13-15H2,1-2H3/t18-,19-,20+,21+,22+,23+/m1/s1. The van der Waals surface area contributed by atoms with E-state index in [2.05, 4.69) is 19.1 Å². The number of ketones is 1. The molecule has 28 heavy (non-hydrogen) atoms. The molecule has 4 nitrogen and oxygen atoms in total. The lowest BCUT2D eigenvalue weighted by atomic mass is 9.46. The van der Waals surface area contributed by atoms with Crippen molar-refractivity contribution in [3.05, 3.63) is 11.6 Å².